The molecule has 1 N–H and O–H groups in total. The zero-order chi connectivity index (χ0) is 12.3. The summed E-state index contributed by atoms with van der Waals surface area (Å²) in [5.74, 6) is -0.777. The molecule has 1 saturated heterocycles. The number of ether oxygens (including phenoxy) is 1. The number of hydrogen-bond donors (Lipinski definition) is 1. The lowest BCUT2D eigenvalue weighted by atomic mass is 10.1. The summed E-state index contributed by atoms with van der Waals surface area (Å²) < 4.78 is 5.33. The normalized spacial score (nSPS) is 21.6. The van der Waals surface area contributed by atoms with E-state index in [1.54, 1.807) is 11.3 Å². The fourth-order valence-corrected chi connectivity index (χ4v) is 2.73. The zero-order valence-electron chi connectivity index (χ0n) is 9.76. The van der Waals surface area contributed by atoms with Crippen molar-refractivity contribution in [3.8, 4) is 0 Å². The summed E-state index contributed by atoms with van der Waals surface area (Å²) in [5.41, 5.74) is 1.02. The highest BCUT2D eigenvalue weighted by Gasteiger charge is 2.25. The van der Waals surface area contributed by atoms with Gasteiger partial charge < -0.3 is 9.84 Å². The molecule has 0 amide bonds. The van der Waals surface area contributed by atoms with Gasteiger partial charge in [-0.3, -0.25) is 9.69 Å². The maximum absolute atomic E-state index is 10.8. The van der Waals surface area contributed by atoms with Gasteiger partial charge in [-0.15, -0.1) is 11.3 Å². The van der Waals surface area contributed by atoms with Gasteiger partial charge in [0.1, 0.15) is 5.01 Å². The van der Waals surface area contributed by atoms with Gasteiger partial charge in [0.2, 0.25) is 0 Å². The van der Waals surface area contributed by atoms with E-state index >= 15 is 0 Å². The number of carboxylic acids is 1. The van der Waals surface area contributed by atoms with Crippen LogP contribution in [0.3, 0.4) is 0 Å². The number of hydrogen-bond acceptors (Lipinski definition) is 5. The summed E-state index contributed by atoms with van der Waals surface area (Å²) in [6.45, 7) is 4.63. The highest BCUT2D eigenvalue weighted by molar-refractivity contribution is 7.09. The van der Waals surface area contributed by atoms with E-state index in [1.807, 2.05) is 12.3 Å². The molecule has 17 heavy (non-hydrogen) atoms. The third-order valence-corrected chi connectivity index (χ3v) is 3.72. The lowest BCUT2D eigenvalue weighted by molar-refractivity contribution is -0.140. The minimum absolute atomic E-state index is 0.0366. The second-order valence-electron chi connectivity index (χ2n) is 4.18. The Labute approximate surface area is 104 Å². The number of rotatable bonds is 4. The van der Waals surface area contributed by atoms with Crippen molar-refractivity contribution in [1.82, 2.24) is 9.88 Å². The molecule has 0 radical (unpaired) electrons. The molecule has 0 aliphatic carbocycles. The van der Waals surface area contributed by atoms with Crippen molar-refractivity contribution < 1.29 is 14.6 Å². The van der Waals surface area contributed by atoms with Gasteiger partial charge in [0.05, 0.1) is 26.2 Å². The summed E-state index contributed by atoms with van der Waals surface area (Å²) in [6, 6.07) is -0.0366. The fourth-order valence-electron chi connectivity index (χ4n) is 1.94. The van der Waals surface area contributed by atoms with Gasteiger partial charge >= 0.3 is 5.97 Å². The Bertz CT molecular complexity index is 394. The van der Waals surface area contributed by atoms with Gasteiger partial charge in [0, 0.05) is 23.7 Å². The Kier molecular flexibility index (Phi) is 4.09. The van der Waals surface area contributed by atoms with Crippen LogP contribution in [0.2, 0.25) is 0 Å². The van der Waals surface area contributed by atoms with Crippen LogP contribution in [0.15, 0.2) is 5.38 Å². The molecule has 0 spiro atoms. The third kappa shape index (κ3) is 3.49. The van der Waals surface area contributed by atoms with Crippen LogP contribution in [-0.2, 0) is 16.1 Å². The SMILES string of the molecule is Cc1csc(CN2CCOCC2CC(=O)O)n1. The Hall–Kier alpha value is -0.980. The monoisotopic (exact) mass is 256 g/mol. The maximum Gasteiger partial charge on any atom is 0.305 e. The molecule has 1 aromatic heterocycles. The molecule has 0 bridgehead atoms. The number of aryl methyl sites for hydroxylation is 1. The molecule has 0 aromatic carbocycles. The number of nitrogens with zero attached hydrogens (tertiary/aromatic N) is 2. The molecule has 2 heterocycles. The van der Waals surface area contributed by atoms with E-state index < -0.39 is 5.97 Å². The highest BCUT2D eigenvalue weighted by Crippen LogP contribution is 2.17. The number of morpholine rings is 1. The van der Waals surface area contributed by atoms with E-state index in [-0.39, 0.29) is 12.5 Å². The molecule has 6 heteroatoms. The molecule has 2 rings (SSSR count). The summed E-state index contributed by atoms with van der Waals surface area (Å²) >= 11 is 1.62. The predicted octanol–water partition coefficient (Wildman–Crippen LogP) is 1.13. The predicted molar refractivity (Wildman–Crippen MR) is 64.1 cm³/mol. The van der Waals surface area contributed by atoms with E-state index in [2.05, 4.69) is 9.88 Å². The minimum atomic E-state index is -0.777. The van der Waals surface area contributed by atoms with Gasteiger partial charge in [-0.1, -0.05) is 0 Å². The largest absolute Gasteiger partial charge is 0.481 e. The number of aromatic nitrogens is 1. The summed E-state index contributed by atoms with van der Waals surface area (Å²) in [4.78, 5) is 17.3. The highest BCUT2D eigenvalue weighted by atomic mass is 32.1. The number of carbonyl (C=O) groups is 1. The Balaban J connectivity index is 1.98. The lowest BCUT2D eigenvalue weighted by Crippen LogP contribution is -2.45. The molecule has 0 saturated carbocycles. The van der Waals surface area contributed by atoms with Gasteiger partial charge in [-0.05, 0) is 6.92 Å². The third-order valence-electron chi connectivity index (χ3n) is 2.76. The van der Waals surface area contributed by atoms with Crippen molar-refractivity contribution in [1.29, 1.82) is 0 Å². The number of thiazole rings is 1. The van der Waals surface area contributed by atoms with Crippen LogP contribution >= 0.6 is 11.3 Å². The van der Waals surface area contributed by atoms with Gasteiger partial charge in [-0.2, -0.15) is 0 Å². The van der Waals surface area contributed by atoms with Gasteiger partial charge in [0.15, 0.2) is 0 Å². The van der Waals surface area contributed by atoms with Crippen molar-refractivity contribution in [3.05, 3.63) is 16.1 Å². The second-order valence-corrected chi connectivity index (χ2v) is 5.12. The van der Waals surface area contributed by atoms with Crippen molar-refractivity contribution in [2.75, 3.05) is 19.8 Å². The molecule has 5 nitrogen and oxygen atoms in total. The first-order valence-corrected chi connectivity index (χ1v) is 6.47. The first-order chi connectivity index (χ1) is 8.15. The van der Waals surface area contributed by atoms with Crippen LogP contribution in [-0.4, -0.2) is 46.8 Å². The zero-order valence-corrected chi connectivity index (χ0v) is 10.6. The summed E-state index contributed by atoms with van der Waals surface area (Å²) in [5, 5.41) is 11.9. The molecule has 1 atom stereocenters. The molecule has 1 aliphatic rings. The Morgan fingerprint density at radius 1 is 1.76 bits per heavy atom. The minimum Gasteiger partial charge on any atom is -0.481 e. The first kappa shape index (κ1) is 12.5. The smallest absolute Gasteiger partial charge is 0.305 e. The van der Waals surface area contributed by atoms with E-state index in [0.717, 1.165) is 23.8 Å². The quantitative estimate of drug-likeness (QED) is 0.875. The standard InChI is InChI=1S/C11H16N2O3S/c1-8-7-17-10(12-8)5-13-2-3-16-6-9(13)4-11(14)15/h7,9H,2-6H2,1H3,(H,14,15). The molecule has 1 fully saturated rings. The number of aliphatic carboxylic acids is 1. The van der Waals surface area contributed by atoms with Crippen LogP contribution in [0.25, 0.3) is 0 Å². The first-order valence-electron chi connectivity index (χ1n) is 5.60. The average Bonchev–Trinajstić information content (AvgIpc) is 2.66. The van der Waals surface area contributed by atoms with E-state index in [9.17, 15) is 4.79 Å². The van der Waals surface area contributed by atoms with Crippen LogP contribution in [0.4, 0.5) is 0 Å². The lowest BCUT2D eigenvalue weighted by Gasteiger charge is -2.34. The molecule has 1 unspecified atom stereocenters. The molecule has 94 valence electrons. The Morgan fingerprint density at radius 2 is 2.59 bits per heavy atom. The molecular weight excluding hydrogens is 240 g/mol. The van der Waals surface area contributed by atoms with Crippen molar-refractivity contribution in [2.24, 2.45) is 0 Å². The fraction of sp³-hybridized carbons (Fsp3) is 0.636. The molecular formula is C11H16N2O3S. The van der Waals surface area contributed by atoms with E-state index in [1.165, 1.54) is 0 Å². The van der Waals surface area contributed by atoms with E-state index in [0.29, 0.717) is 13.2 Å². The van der Waals surface area contributed by atoms with Crippen molar-refractivity contribution in [2.45, 2.75) is 25.9 Å². The van der Waals surface area contributed by atoms with E-state index in [4.69, 9.17) is 9.84 Å². The molecule has 1 aromatic rings. The topological polar surface area (TPSA) is 62.7 Å². The van der Waals surface area contributed by atoms with Crippen LogP contribution in [0, 0.1) is 6.92 Å². The number of carboxylic acid groups (broad SMARTS) is 1. The van der Waals surface area contributed by atoms with Crippen LogP contribution < -0.4 is 0 Å². The van der Waals surface area contributed by atoms with Crippen molar-refractivity contribution in [3.63, 3.8) is 0 Å². The summed E-state index contributed by atoms with van der Waals surface area (Å²) in [7, 11) is 0. The Morgan fingerprint density at radius 3 is 3.24 bits per heavy atom. The van der Waals surface area contributed by atoms with Crippen molar-refractivity contribution >= 4 is 17.3 Å². The molecule has 1 aliphatic heterocycles. The van der Waals surface area contributed by atoms with Crippen LogP contribution in [0.5, 0.6) is 0 Å². The van der Waals surface area contributed by atoms with Crippen LogP contribution in [0.1, 0.15) is 17.1 Å². The van der Waals surface area contributed by atoms with Gasteiger partial charge in [-0.25, -0.2) is 4.98 Å². The van der Waals surface area contributed by atoms with Gasteiger partial charge in [0.25, 0.3) is 0 Å². The second kappa shape index (κ2) is 5.57. The maximum atomic E-state index is 10.8. The summed E-state index contributed by atoms with van der Waals surface area (Å²) in [6.07, 6.45) is 0.129. The average molecular weight is 256 g/mol.